The average Bonchev–Trinajstić information content (AvgIpc) is 3.18. The van der Waals surface area contributed by atoms with Gasteiger partial charge in [-0.3, -0.25) is 4.79 Å². The zero-order valence-electron chi connectivity index (χ0n) is 21.9. The number of aryl methyl sites for hydroxylation is 1. The molecule has 1 aliphatic carbocycles. The third-order valence-corrected chi connectivity index (χ3v) is 6.68. The highest BCUT2D eigenvalue weighted by Crippen LogP contribution is 2.28. The van der Waals surface area contributed by atoms with Gasteiger partial charge in [-0.2, -0.15) is 5.10 Å². The molecule has 7 heteroatoms. The lowest BCUT2D eigenvalue weighted by atomic mass is 9.92. The Labute approximate surface area is 204 Å². The number of aromatic nitrogens is 2. The second kappa shape index (κ2) is 10.6. The Morgan fingerprint density at radius 3 is 2.44 bits per heavy atom. The van der Waals surface area contributed by atoms with Gasteiger partial charge in [0.05, 0.1) is 11.4 Å². The Hall–Kier alpha value is -2.83. The van der Waals surface area contributed by atoms with Crippen molar-refractivity contribution < 1.29 is 9.59 Å². The largest absolute Gasteiger partial charge is 0.335 e. The van der Waals surface area contributed by atoms with Gasteiger partial charge in [-0.15, -0.1) is 0 Å². The van der Waals surface area contributed by atoms with Crippen molar-refractivity contribution in [3.63, 3.8) is 0 Å². The van der Waals surface area contributed by atoms with E-state index in [4.69, 9.17) is 5.10 Å². The number of hydrogen-bond donors (Lipinski definition) is 2. The van der Waals surface area contributed by atoms with Gasteiger partial charge in [0.2, 0.25) is 5.91 Å². The Kier molecular flexibility index (Phi) is 8.05. The van der Waals surface area contributed by atoms with E-state index < -0.39 is 0 Å². The summed E-state index contributed by atoms with van der Waals surface area (Å²) in [5, 5.41) is 11.0. The fourth-order valence-electron chi connectivity index (χ4n) is 4.32. The summed E-state index contributed by atoms with van der Waals surface area (Å²) in [6, 6.07) is 7.94. The molecule has 3 rings (SSSR count). The molecule has 1 aliphatic rings. The van der Waals surface area contributed by atoms with Crippen molar-refractivity contribution in [2.75, 3.05) is 11.9 Å². The van der Waals surface area contributed by atoms with E-state index in [0.717, 1.165) is 48.2 Å². The standard InChI is InChI=1S/C27H41N5O2/c1-18(2)31(26(34)28-21-13-9-8-10-14-21)17-25(33)29-24-16-23(27(5,6)7)30-32(24)22-15-11-12-19(3)20(22)4/h11-12,15-16,18,21H,8-10,13-14,17H2,1-7H3,(H,28,34)(H,29,33). The third kappa shape index (κ3) is 6.19. The molecule has 34 heavy (non-hydrogen) atoms. The summed E-state index contributed by atoms with van der Waals surface area (Å²) in [6.45, 7) is 14.3. The zero-order chi connectivity index (χ0) is 25.0. The Morgan fingerprint density at radius 2 is 1.82 bits per heavy atom. The molecule has 1 aromatic carbocycles. The van der Waals surface area contributed by atoms with Gasteiger partial charge in [-0.1, -0.05) is 52.2 Å². The van der Waals surface area contributed by atoms with Crippen LogP contribution in [0.1, 0.15) is 83.5 Å². The van der Waals surface area contributed by atoms with Crippen LogP contribution in [-0.2, 0) is 10.2 Å². The number of nitrogens with one attached hydrogen (secondary N) is 2. The van der Waals surface area contributed by atoms with Gasteiger partial charge in [0.1, 0.15) is 12.4 Å². The van der Waals surface area contributed by atoms with Crippen LogP contribution < -0.4 is 10.6 Å². The minimum atomic E-state index is -0.237. The lowest BCUT2D eigenvalue weighted by Gasteiger charge is -2.30. The highest BCUT2D eigenvalue weighted by Gasteiger charge is 2.26. The normalized spacial score (nSPS) is 14.8. The second-order valence-corrected chi connectivity index (χ2v) is 10.8. The molecule has 0 bridgehead atoms. The maximum Gasteiger partial charge on any atom is 0.318 e. The van der Waals surface area contributed by atoms with Crippen molar-refractivity contribution in [3.05, 3.63) is 41.1 Å². The molecule has 0 atom stereocenters. The van der Waals surface area contributed by atoms with Crippen LogP contribution in [0.3, 0.4) is 0 Å². The van der Waals surface area contributed by atoms with Crippen LogP contribution in [-0.4, -0.2) is 45.2 Å². The van der Waals surface area contributed by atoms with Gasteiger partial charge in [-0.25, -0.2) is 9.48 Å². The highest BCUT2D eigenvalue weighted by atomic mass is 16.2. The monoisotopic (exact) mass is 467 g/mol. The number of carbonyl (C=O) groups excluding carboxylic acids is 2. The molecule has 0 radical (unpaired) electrons. The van der Waals surface area contributed by atoms with Crippen LogP contribution in [0.25, 0.3) is 5.69 Å². The van der Waals surface area contributed by atoms with E-state index in [1.165, 1.54) is 6.42 Å². The summed E-state index contributed by atoms with van der Waals surface area (Å²) in [4.78, 5) is 27.7. The first kappa shape index (κ1) is 25.8. The molecule has 0 saturated heterocycles. The minimum absolute atomic E-state index is 0.0148. The fraction of sp³-hybridized carbons (Fsp3) is 0.593. The number of amides is 3. The first-order valence-corrected chi connectivity index (χ1v) is 12.5. The number of benzene rings is 1. The lowest BCUT2D eigenvalue weighted by molar-refractivity contribution is -0.117. The maximum absolute atomic E-state index is 13.1. The summed E-state index contributed by atoms with van der Waals surface area (Å²) in [5.74, 6) is 0.374. The third-order valence-electron chi connectivity index (χ3n) is 6.68. The maximum atomic E-state index is 13.1. The van der Waals surface area contributed by atoms with E-state index >= 15 is 0 Å². The Bertz CT molecular complexity index is 1010. The Balaban J connectivity index is 1.81. The van der Waals surface area contributed by atoms with Crippen LogP contribution in [0.2, 0.25) is 0 Å². The van der Waals surface area contributed by atoms with Crippen LogP contribution in [0.15, 0.2) is 24.3 Å². The van der Waals surface area contributed by atoms with Crippen molar-refractivity contribution in [1.82, 2.24) is 20.0 Å². The van der Waals surface area contributed by atoms with Crippen molar-refractivity contribution in [2.45, 2.75) is 98.1 Å². The highest BCUT2D eigenvalue weighted by molar-refractivity contribution is 5.94. The number of anilines is 1. The van der Waals surface area contributed by atoms with E-state index in [-0.39, 0.29) is 36.0 Å². The minimum Gasteiger partial charge on any atom is -0.335 e. The average molecular weight is 468 g/mol. The van der Waals surface area contributed by atoms with Crippen molar-refractivity contribution in [1.29, 1.82) is 0 Å². The summed E-state index contributed by atoms with van der Waals surface area (Å²) in [7, 11) is 0. The van der Waals surface area contributed by atoms with E-state index in [9.17, 15) is 9.59 Å². The fourth-order valence-corrected chi connectivity index (χ4v) is 4.32. The summed E-state index contributed by atoms with van der Waals surface area (Å²) >= 11 is 0. The molecule has 7 nitrogen and oxygen atoms in total. The molecular formula is C27H41N5O2. The van der Waals surface area contributed by atoms with Gasteiger partial charge < -0.3 is 15.5 Å². The lowest BCUT2D eigenvalue weighted by Crippen LogP contribution is -2.50. The topological polar surface area (TPSA) is 79.3 Å². The van der Waals surface area contributed by atoms with Gasteiger partial charge >= 0.3 is 6.03 Å². The zero-order valence-corrected chi connectivity index (χ0v) is 21.9. The first-order valence-electron chi connectivity index (χ1n) is 12.5. The second-order valence-electron chi connectivity index (χ2n) is 10.8. The molecule has 0 spiro atoms. The molecule has 3 amide bonds. The Morgan fingerprint density at radius 1 is 1.15 bits per heavy atom. The van der Waals surface area contributed by atoms with Crippen LogP contribution >= 0.6 is 0 Å². The van der Waals surface area contributed by atoms with E-state index in [1.54, 1.807) is 4.90 Å². The van der Waals surface area contributed by atoms with Crippen LogP contribution in [0, 0.1) is 13.8 Å². The van der Waals surface area contributed by atoms with E-state index in [2.05, 4.69) is 51.3 Å². The molecule has 0 unspecified atom stereocenters. The number of rotatable bonds is 6. The molecule has 2 aromatic rings. The van der Waals surface area contributed by atoms with Gasteiger partial charge in [0.15, 0.2) is 0 Å². The van der Waals surface area contributed by atoms with Gasteiger partial charge in [0, 0.05) is 23.6 Å². The van der Waals surface area contributed by atoms with Crippen molar-refractivity contribution >= 4 is 17.8 Å². The molecule has 0 aliphatic heterocycles. The van der Waals surface area contributed by atoms with Gasteiger partial charge in [-0.05, 0) is 57.7 Å². The molecule has 1 heterocycles. The smallest absolute Gasteiger partial charge is 0.318 e. The molecular weight excluding hydrogens is 426 g/mol. The summed E-state index contributed by atoms with van der Waals surface area (Å²) < 4.78 is 1.81. The summed E-state index contributed by atoms with van der Waals surface area (Å²) in [6.07, 6.45) is 5.54. The molecule has 2 N–H and O–H groups in total. The molecule has 1 aromatic heterocycles. The number of hydrogen-bond acceptors (Lipinski definition) is 3. The van der Waals surface area contributed by atoms with E-state index in [0.29, 0.717) is 5.82 Å². The van der Waals surface area contributed by atoms with Crippen LogP contribution in [0.4, 0.5) is 10.6 Å². The van der Waals surface area contributed by atoms with Crippen molar-refractivity contribution in [2.24, 2.45) is 0 Å². The number of nitrogens with zero attached hydrogens (tertiary/aromatic N) is 3. The first-order chi connectivity index (χ1) is 16.0. The quantitative estimate of drug-likeness (QED) is 0.591. The predicted octanol–water partition coefficient (Wildman–Crippen LogP) is 5.48. The number of carbonyl (C=O) groups is 2. The van der Waals surface area contributed by atoms with Gasteiger partial charge in [0.25, 0.3) is 0 Å². The predicted molar refractivity (Wildman–Crippen MR) is 138 cm³/mol. The molecule has 1 fully saturated rings. The van der Waals surface area contributed by atoms with Crippen molar-refractivity contribution in [3.8, 4) is 5.69 Å². The SMILES string of the molecule is Cc1cccc(-n2nc(C(C)(C)C)cc2NC(=O)CN(C(=O)NC2CCCCC2)C(C)C)c1C. The van der Waals surface area contributed by atoms with Crippen LogP contribution in [0.5, 0.6) is 0 Å². The summed E-state index contributed by atoms with van der Waals surface area (Å²) in [5.41, 5.74) is 3.91. The molecule has 186 valence electrons. The number of urea groups is 1. The van der Waals surface area contributed by atoms with E-state index in [1.807, 2.05) is 36.7 Å². The molecule has 1 saturated carbocycles.